The van der Waals surface area contributed by atoms with E-state index in [1.165, 1.54) is 4.90 Å². The average molecular weight is 483 g/mol. The fraction of sp³-hybridized carbons (Fsp3) is 0.368. The van der Waals surface area contributed by atoms with Crippen LogP contribution in [0.25, 0.3) is 5.57 Å². The third kappa shape index (κ3) is 4.01. The van der Waals surface area contributed by atoms with Gasteiger partial charge < -0.3 is 10.0 Å². The highest BCUT2D eigenvalue weighted by molar-refractivity contribution is 9.10. The molecule has 0 aliphatic carbocycles. The van der Waals surface area contributed by atoms with Crippen LogP contribution in [0.3, 0.4) is 0 Å². The first kappa shape index (κ1) is 21.0. The molecule has 2 aliphatic heterocycles. The topological polar surface area (TPSA) is 77.9 Å². The van der Waals surface area contributed by atoms with Crippen molar-refractivity contribution >= 4 is 73.3 Å². The van der Waals surface area contributed by atoms with Crippen LogP contribution < -0.4 is 4.90 Å². The monoisotopic (exact) mass is 482 g/mol. The lowest BCUT2D eigenvalue weighted by Crippen LogP contribution is -2.30. The van der Waals surface area contributed by atoms with Crippen LogP contribution in [0.4, 0.5) is 5.69 Å². The third-order valence-electron chi connectivity index (χ3n) is 4.56. The van der Waals surface area contributed by atoms with Crippen molar-refractivity contribution in [1.29, 1.82) is 0 Å². The largest absolute Gasteiger partial charge is 0.481 e. The Labute approximate surface area is 181 Å². The number of nitrogens with zero attached hydrogens (tertiary/aromatic N) is 2. The van der Waals surface area contributed by atoms with Gasteiger partial charge in [0.05, 0.1) is 16.2 Å². The Morgan fingerprint density at radius 1 is 1.18 bits per heavy atom. The highest BCUT2D eigenvalue weighted by atomic mass is 79.9. The second kappa shape index (κ2) is 8.75. The number of hydrogen-bond acceptors (Lipinski definition) is 5. The smallest absolute Gasteiger partial charge is 0.303 e. The fourth-order valence-electron chi connectivity index (χ4n) is 3.19. The van der Waals surface area contributed by atoms with Crippen molar-refractivity contribution in [2.45, 2.75) is 32.6 Å². The second-order valence-corrected chi connectivity index (χ2v) is 9.06. The van der Waals surface area contributed by atoms with E-state index in [0.29, 0.717) is 27.8 Å². The molecule has 6 nitrogen and oxygen atoms in total. The normalized spacial score (nSPS) is 19.0. The summed E-state index contributed by atoms with van der Waals surface area (Å²) in [7, 11) is 0. The molecule has 2 heterocycles. The number of carboxylic acids is 1. The Bertz CT molecular complexity index is 900. The molecular formula is C19H19BrN2O4S2. The molecule has 2 aliphatic rings. The van der Waals surface area contributed by atoms with E-state index in [0.717, 1.165) is 40.3 Å². The number of fused-ring (bicyclic) bond motifs is 1. The minimum atomic E-state index is -0.917. The molecule has 3 rings (SSSR count). The van der Waals surface area contributed by atoms with Crippen molar-refractivity contribution in [1.82, 2.24) is 4.90 Å². The quantitative estimate of drug-likeness (QED) is 0.466. The molecule has 28 heavy (non-hydrogen) atoms. The van der Waals surface area contributed by atoms with Gasteiger partial charge >= 0.3 is 5.97 Å². The summed E-state index contributed by atoms with van der Waals surface area (Å²) in [5.74, 6) is -1.43. The molecule has 1 aromatic carbocycles. The van der Waals surface area contributed by atoms with E-state index >= 15 is 0 Å². The van der Waals surface area contributed by atoms with Crippen molar-refractivity contribution in [3.05, 3.63) is 33.1 Å². The predicted molar refractivity (Wildman–Crippen MR) is 117 cm³/mol. The van der Waals surface area contributed by atoms with Gasteiger partial charge in [-0.25, -0.2) is 0 Å². The first-order valence-electron chi connectivity index (χ1n) is 8.96. The van der Waals surface area contributed by atoms with Crippen molar-refractivity contribution in [2.24, 2.45) is 0 Å². The number of carbonyl (C=O) groups excluding carboxylic acids is 2. The molecule has 1 fully saturated rings. The number of amides is 2. The van der Waals surface area contributed by atoms with Crippen molar-refractivity contribution in [2.75, 3.05) is 18.0 Å². The van der Waals surface area contributed by atoms with E-state index in [2.05, 4.69) is 22.9 Å². The molecule has 0 bridgehead atoms. The molecule has 9 heteroatoms. The van der Waals surface area contributed by atoms with Crippen LogP contribution >= 0.6 is 39.9 Å². The first-order valence-corrected chi connectivity index (χ1v) is 11.0. The summed E-state index contributed by atoms with van der Waals surface area (Å²) in [4.78, 5) is 40.3. The second-order valence-electron chi connectivity index (χ2n) is 6.50. The van der Waals surface area contributed by atoms with Gasteiger partial charge in [-0.05, 0) is 31.0 Å². The Morgan fingerprint density at radius 2 is 1.89 bits per heavy atom. The number of hydrogen-bond donors (Lipinski definition) is 1. The van der Waals surface area contributed by atoms with E-state index in [4.69, 9.17) is 17.3 Å². The Hall–Kier alpha value is -1.71. The van der Waals surface area contributed by atoms with Crippen LogP contribution in [-0.4, -0.2) is 45.2 Å². The number of thiocarbonyl (C=S) groups is 1. The zero-order chi connectivity index (χ0) is 20.4. The van der Waals surface area contributed by atoms with Crippen molar-refractivity contribution in [3.63, 3.8) is 0 Å². The van der Waals surface area contributed by atoms with Gasteiger partial charge in [-0.2, -0.15) is 0 Å². The molecular weight excluding hydrogens is 464 g/mol. The highest BCUT2D eigenvalue weighted by Crippen LogP contribution is 2.45. The lowest BCUT2D eigenvalue weighted by molar-refractivity contribution is -0.137. The van der Waals surface area contributed by atoms with E-state index in [1.54, 1.807) is 4.90 Å². The molecule has 1 N–H and O–H groups in total. The molecule has 2 amide bonds. The summed E-state index contributed by atoms with van der Waals surface area (Å²) < 4.78 is 1.18. The number of thioether (sulfide) groups is 1. The van der Waals surface area contributed by atoms with E-state index in [-0.39, 0.29) is 24.8 Å². The molecule has 0 aromatic heterocycles. The first-order chi connectivity index (χ1) is 13.3. The number of rotatable bonds is 7. The van der Waals surface area contributed by atoms with Gasteiger partial charge in [-0.15, -0.1) is 0 Å². The zero-order valence-corrected chi connectivity index (χ0v) is 18.5. The lowest BCUT2D eigenvalue weighted by atomic mass is 10.1. The summed E-state index contributed by atoms with van der Waals surface area (Å²) in [5, 5.41) is 8.81. The molecule has 0 saturated carbocycles. The van der Waals surface area contributed by atoms with Crippen molar-refractivity contribution in [3.8, 4) is 0 Å². The number of unbranched alkanes of at least 4 members (excludes halogenated alkanes) is 1. The Morgan fingerprint density at radius 3 is 2.57 bits per heavy atom. The van der Waals surface area contributed by atoms with Gasteiger partial charge in [0.1, 0.15) is 4.32 Å². The maximum atomic E-state index is 13.2. The number of aliphatic carboxylic acids is 1. The Balaban J connectivity index is 1.97. The Kier molecular flexibility index (Phi) is 6.57. The van der Waals surface area contributed by atoms with Crippen LogP contribution in [-0.2, 0) is 14.4 Å². The number of benzene rings is 1. The van der Waals surface area contributed by atoms with Crippen LogP contribution in [0.15, 0.2) is 27.6 Å². The maximum Gasteiger partial charge on any atom is 0.303 e. The van der Waals surface area contributed by atoms with Gasteiger partial charge in [0.25, 0.3) is 11.8 Å². The van der Waals surface area contributed by atoms with Crippen LogP contribution in [0.2, 0.25) is 0 Å². The number of anilines is 1. The minimum Gasteiger partial charge on any atom is -0.481 e. The predicted octanol–water partition coefficient (Wildman–Crippen LogP) is 4.03. The average Bonchev–Trinajstić information content (AvgIpc) is 3.06. The molecule has 0 spiro atoms. The van der Waals surface area contributed by atoms with Gasteiger partial charge in [-0.3, -0.25) is 19.3 Å². The molecule has 0 atom stereocenters. The molecule has 1 aromatic rings. The highest BCUT2D eigenvalue weighted by Gasteiger charge is 2.41. The van der Waals surface area contributed by atoms with Gasteiger partial charge in [0, 0.05) is 29.5 Å². The zero-order valence-electron chi connectivity index (χ0n) is 15.2. The third-order valence-corrected chi connectivity index (χ3v) is 6.50. The number of carbonyl (C=O) groups is 3. The van der Waals surface area contributed by atoms with Gasteiger partial charge in [0.2, 0.25) is 0 Å². The summed E-state index contributed by atoms with van der Waals surface area (Å²) in [5.41, 5.74) is 1.90. The number of halogens is 1. The van der Waals surface area contributed by atoms with Crippen molar-refractivity contribution < 1.29 is 19.5 Å². The molecule has 0 radical (unpaired) electrons. The minimum absolute atomic E-state index is 0.0392. The summed E-state index contributed by atoms with van der Waals surface area (Å²) in [6, 6.07) is 5.62. The fourth-order valence-corrected chi connectivity index (χ4v) is 4.93. The summed E-state index contributed by atoms with van der Waals surface area (Å²) >= 11 is 9.88. The SMILES string of the molecule is CCCCN1C(=O)C(=C2SC(=S)N(CCCC(=O)O)C2=O)c2cc(Br)ccc21. The summed E-state index contributed by atoms with van der Waals surface area (Å²) in [6.45, 7) is 2.88. The standard InChI is InChI=1S/C19H19BrN2O4S2/c1-2-3-8-21-13-7-6-11(20)10-12(13)15(17(21)25)16-18(26)22(19(27)28-16)9-4-5-14(23)24/h6-7,10H,2-5,8-9H2,1H3,(H,23,24). The van der Waals surface area contributed by atoms with Crippen LogP contribution in [0.5, 0.6) is 0 Å². The van der Waals surface area contributed by atoms with Gasteiger partial charge in [-0.1, -0.05) is 53.3 Å². The van der Waals surface area contributed by atoms with E-state index in [1.807, 2.05) is 18.2 Å². The number of carboxylic acid groups (broad SMARTS) is 1. The van der Waals surface area contributed by atoms with E-state index < -0.39 is 5.97 Å². The van der Waals surface area contributed by atoms with E-state index in [9.17, 15) is 14.4 Å². The molecule has 0 unspecified atom stereocenters. The van der Waals surface area contributed by atoms with Gasteiger partial charge in [0.15, 0.2) is 0 Å². The van der Waals surface area contributed by atoms with Crippen LogP contribution in [0.1, 0.15) is 38.2 Å². The molecule has 1 saturated heterocycles. The maximum absolute atomic E-state index is 13.2. The van der Waals surface area contributed by atoms with Crippen LogP contribution in [0, 0.1) is 0 Å². The summed E-state index contributed by atoms with van der Waals surface area (Å²) in [6.07, 6.45) is 2.09. The lowest BCUT2D eigenvalue weighted by Gasteiger charge is -2.16. The molecule has 148 valence electrons.